The van der Waals surface area contributed by atoms with Gasteiger partial charge in [0.25, 0.3) is 6.71 Å². The molecule has 2 aliphatic heterocycles. The van der Waals surface area contributed by atoms with Crippen molar-refractivity contribution in [3.05, 3.63) is 175 Å². The number of hydrogen-bond acceptors (Lipinski definition) is 5. The third-order valence-corrected chi connectivity index (χ3v) is 14.5. The number of rotatable bonds is 6. The van der Waals surface area contributed by atoms with Crippen LogP contribution in [0.4, 0.5) is 34.1 Å². The van der Waals surface area contributed by atoms with Crippen molar-refractivity contribution < 1.29 is 0 Å². The molecule has 9 heteroatoms. The van der Waals surface area contributed by atoms with Crippen LogP contribution in [0.25, 0.3) is 54.5 Å². The van der Waals surface area contributed by atoms with Crippen molar-refractivity contribution in [1.82, 2.24) is 15.0 Å². The zero-order chi connectivity index (χ0) is 41.6. The van der Waals surface area contributed by atoms with Crippen molar-refractivity contribution in [3.63, 3.8) is 0 Å². The first-order chi connectivity index (χ1) is 30.4. The Hall–Kier alpha value is -5.12. The number of aromatic nitrogens is 3. The predicted molar refractivity (Wildman–Crippen MR) is 286 cm³/mol. The van der Waals surface area contributed by atoms with Gasteiger partial charge in [0.2, 0.25) is 0 Å². The molecule has 0 spiro atoms. The third kappa shape index (κ3) is 6.31. The lowest BCUT2D eigenvalue weighted by atomic mass is 9.33. The molecule has 0 saturated carbocycles. The summed E-state index contributed by atoms with van der Waals surface area (Å²) in [4.78, 5) is 18.8. The van der Waals surface area contributed by atoms with Gasteiger partial charge in [0.1, 0.15) is 12.7 Å². The maximum Gasteiger partial charge on any atom is 0.252 e. The van der Waals surface area contributed by atoms with Crippen LogP contribution < -0.4 is 26.2 Å². The van der Waals surface area contributed by atoms with Gasteiger partial charge in [-0.2, -0.15) is 0 Å². The van der Waals surface area contributed by atoms with Crippen LogP contribution in [-0.4, -0.2) is 21.7 Å². The number of anilines is 6. The Morgan fingerprint density at radius 3 is 1.58 bits per heavy atom. The third-order valence-electron chi connectivity index (χ3n) is 12.7. The highest BCUT2D eigenvalue weighted by atomic mass is 127. The highest BCUT2D eigenvalue weighted by Gasteiger charge is 2.44. The largest absolute Gasteiger partial charge is 0.311 e. The van der Waals surface area contributed by atoms with Crippen LogP contribution in [0.3, 0.4) is 0 Å². The molecular formula is C53H35BI3N5. The van der Waals surface area contributed by atoms with Gasteiger partial charge in [-0.25, -0.2) is 15.0 Å². The van der Waals surface area contributed by atoms with E-state index < -0.39 is 0 Å². The molecule has 0 aliphatic carbocycles. The Morgan fingerprint density at radius 2 is 1.02 bits per heavy atom. The Balaban J connectivity index is 1.26. The molecule has 12 rings (SSSR count). The molecule has 1 aromatic heterocycles. The van der Waals surface area contributed by atoms with E-state index in [1.54, 1.807) is 12.7 Å². The number of fused-ring (bicyclic) bond motifs is 10. The van der Waals surface area contributed by atoms with Gasteiger partial charge in [-0.15, -0.1) is 0 Å². The van der Waals surface area contributed by atoms with E-state index in [4.69, 9.17) is 9.97 Å². The number of aryl methyl sites for hydroxylation is 1. The number of halogens is 3. The second-order valence-corrected chi connectivity index (χ2v) is 20.1. The molecule has 0 atom stereocenters. The Bertz CT molecular complexity index is 3470. The van der Waals surface area contributed by atoms with Crippen LogP contribution >= 0.6 is 67.8 Å². The highest BCUT2D eigenvalue weighted by Crippen LogP contribution is 2.48. The van der Waals surface area contributed by atoms with Gasteiger partial charge >= 0.3 is 0 Å². The Labute approximate surface area is 401 Å². The molecule has 0 unspecified atom stereocenters. The van der Waals surface area contributed by atoms with E-state index >= 15 is 0 Å². The summed E-state index contributed by atoms with van der Waals surface area (Å²) in [6.07, 6.45) is 6.52. The van der Waals surface area contributed by atoms with E-state index in [1.165, 1.54) is 87.1 Å². The SMILES string of the molecule is CCCCc1cc(I)cc(N2c3cc4ccc5ccccc5c4cc3B3c4cc5c(ccc6ccccc65)cc4N(c4cc(I)cc(I)c4)c4cc(-c5ncncn5)cc2c43)c1. The number of hydrogen-bond donors (Lipinski definition) is 0. The molecule has 296 valence electrons. The second kappa shape index (κ2) is 15.3. The zero-order valence-corrected chi connectivity index (χ0v) is 40.1. The van der Waals surface area contributed by atoms with Crippen molar-refractivity contribution in [1.29, 1.82) is 0 Å². The maximum atomic E-state index is 4.76. The zero-order valence-electron chi connectivity index (χ0n) is 33.6. The molecule has 9 aromatic carbocycles. The van der Waals surface area contributed by atoms with Gasteiger partial charge in [0, 0.05) is 50.4 Å². The molecule has 0 bridgehead atoms. The molecular weight excluding hydrogens is 1100 g/mol. The lowest BCUT2D eigenvalue weighted by Gasteiger charge is -2.45. The molecule has 0 fully saturated rings. The van der Waals surface area contributed by atoms with Crippen LogP contribution in [-0.2, 0) is 6.42 Å². The predicted octanol–water partition coefficient (Wildman–Crippen LogP) is 13.4. The molecule has 62 heavy (non-hydrogen) atoms. The topological polar surface area (TPSA) is 45.2 Å². The van der Waals surface area contributed by atoms with Gasteiger partial charge in [-0.1, -0.05) is 98.3 Å². The average molecular weight is 1130 g/mol. The van der Waals surface area contributed by atoms with E-state index in [0.29, 0.717) is 5.82 Å². The lowest BCUT2D eigenvalue weighted by Crippen LogP contribution is -2.61. The fourth-order valence-corrected chi connectivity index (χ4v) is 12.6. The number of unbranched alkanes of at least 4 members (excludes halogenated alkanes) is 1. The molecule has 3 heterocycles. The first kappa shape index (κ1) is 38.6. The van der Waals surface area contributed by atoms with E-state index in [2.05, 4.69) is 235 Å². The fourth-order valence-electron chi connectivity index (χ4n) is 10.0. The fraction of sp³-hybridized carbons (Fsp3) is 0.0755. The van der Waals surface area contributed by atoms with E-state index in [9.17, 15) is 0 Å². The van der Waals surface area contributed by atoms with Gasteiger partial charge in [0.05, 0.1) is 0 Å². The van der Waals surface area contributed by atoms with E-state index in [0.717, 1.165) is 47.6 Å². The molecule has 0 N–H and O–H groups in total. The molecule has 2 aliphatic rings. The van der Waals surface area contributed by atoms with Crippen molar-refractivity contribution in [2.45, 2.75) is 26.2 Å². The lowest BCUT2D eigenvalue weighted by molar-refractivity contribution is 0.794. The summed E-state index contributed by atoms with van der Waals surface area (Å²) < 4.78 is 3.60. The maximum absolute atomic E-state index is 4.76. The van der Waals surface area contributed by atoms with E-state index in [-0.39, 0.29) is 6.71 Å². The van der Waals surface area contributed by atoms with Crippen LogP contribution in [0.1, 0.15) is 25.3 Å². The summed E-state index contributed by atoms with van der Waals surface area (Å²) in [7, 11) is 0. The Morgan fingerprint density at radius 1 is 0.500 bits per heavy atom. The standard InChI is InChI=1S/C53H35BI3N5/c1-2-3-8-31-17-37(55)24-40(18-31)61-48-19-34-15-13-32-9-4-6-11-42(32)44(34)27-46(48)54-47-28-45-35(16-14-33-10-5-7-12-43(33)45)20-49(47)62(41-25-38(56)23-39(57)26-41)51-22-36(21-50(61)52(51)54)53-59-29-58-30-60-53/h4-7,9-30H,2-3,8H2,1H3. The van der Waals surface area contributed by atoms with E-state index in [1.807, 2.05) is 0 Å². The minimum Gasteiger partial charge on any atom is -0.311 e. The van der Waals surface area contributed by atoms with Crippen molar-refractivity contribution in [2.24, 2.45) is 0 Å². The molecule has 0 saturated heterocycles. The Kier molecular flexibility index (Phi) is 9.52. The van der Waals surface area contributed by atoms with Crippen LogP contribution in [0.5, 0.6) is 0 Å². The van der Waals surface area contributed by atoms with Crippen molar-refractivity contribution >= 4 is 168 Å². The van der Waals surface area contributed by atoms with Gasteiger partial charge in [-0.05, 0) is 206 Å². The summed E-state index contributed by atoms with van der Waals surface area (Å²) in [5.74, 6) is 0.644. The smallest absolute Gasteiger partial charge is 0.252 e. The van der Waals surface area contributed by atoms with Crippen LogP contribution in [0, 0.1) is 10.7 Å². The first-order valence-electron chi connectivity index (χ1n) is 21.0. The number of nitrogens with zero attached hydrogens (tertiary/aromatic N) is 5. The quantitative estimate of drug-likeness (QED) is 0.0943. The summed E-state index contributed by atoms with van der Waals surface area (Å²) in [5.41, 5.74) is 13.0. The van der Waals surface area contributed by atoms with Crippen molar-refractivity contribution in [3.8, 4) is 11.4 Å². The van der Waals surface area contributed by atoms with Crippen LogP contribution in [0.15, 0.2) is 158 Å². The summed E-state index contributed by atoms with van der Waals surface area (Å²) in [6.45, 7) is 2.19. The normalized spacial score (nSPS) is 12.9. The van der Waals surface area contributed by atoms with Gasteiger partial charge in [0.15, 0.2) is 5.82 Å². The molecule has 5 nitrogen and oxygen atoms in total. The first-order valence-corrected chi connectivity index (χ1v) is 24.2. The average Bonchev–Trinajstić information content (AvgIpc) is 3.29. The summed E-state index contributed by atoms with van der Waals surface area (Å²) in [5, 5.41) is 9.98. The molecule has 0 amide bonds. The summed E-state index contributed by atoms with van der Waals surface area (Å²) in [6, 6.07) is 55.3. The van der Waals surface area contributed by atoms with Crippen molar-refractivity contribution in [2.75, 3.05) is 9.80 Å². The second-order valence-electron chi connectivity index (χ2n) is 16.4. The monoisotopic (exact) mass is 1130 g/mol. The minimum atomic E-state index is -0.0825. The summed E-state index contributed by atoms with van der Waals surface area (Å²) >= 11 is 7.45. The molecule has 10 aromatic rings. The minimum absolute atomic E-state index is 0.0825. The molecule has 0 radical (unpaired) electrons. The van der Waals surface area contributed by atoms with Gasteiger partial charge < -0.3 is 9.80 Å². The highest BCUT2D eigenvalue weighted by molar-refractivity contribution is 14.1. The number of benzene rings is 9. The van der Waals surface area contributed by atoms with Gasteiger partial charge in [-0.3, -0.25) is 0 Å². The van der Waals surface area contributed by atoms with Crippen LogP contribution in [0.2, 0.25) is 0 Å².